The molecule has 0 bridgehead atoms. The zero-order chi connectivity index (χ0) is 23.9. The van der Waals surface area contributed by atoms with E-state index in [0.717, 1.165) is 63.2 Å². The number of nitrogens with zero attached hydrogens (tertiary/aromatic N) is 2. The molecule has 0 radical (unpaired) electrons. The maximum atomic E-state index is 14.0. The Labute approximate surface area is 199 Å². The van der Waals surface area contributed by atoms with Crippen LogP contribution in [0.4, 0.5) is 13.2 Å². The third-order valence-corrected chi connectivity index (χ3v) is 8.74. The van der Waals surface area contributed by atoms with Crippen LogP contribution in [0.3, 0.4) is 0 Å². The van der Waals surface area contributed by atoms with Crippen molar-refractivity contribution in [1.82, 2.24) is 14.9 Å². The molecule has 2 heterocycles. The average Bonchev–Trinajstić information content (AvgIpc) is 3.23. The van der Waals surface area contributed by atoms with Gasteiger partial charge in [0, 0.05) is 33.8 Å². The zero-order valence-corrected chi connectivity index (χ0v) is 20.1. The standard InChI is InChI=1S/C28H34F3N3/c1-34(2)28(12-10-19-7-4-3-5-8-19)15-13-27(14-16-28)11-6-9-21-22-17-20(23(29)25(30)31)18-32-26(22)33-24(21)27/h3-5,7-8,17-18,23,25H,6,9-16H2,1-2H3,(H,32,33). The molecule has 2 aliphatic carbocycles. The smallest absolute Gasteiger partial charge is 0.273 e. The molecule has 1 saturated carbocycles. The molecule has 1 atom stereocenters. The highest BCUT2D eigenvalue weighted by Crippen LogP contribution is 2.52. The number of fused-ring (bicyclic) bond motifs is 4. The quantitative estimate of drug-likeness (QED) is 0.425. The molecule has 3 nitrogen and oxygen atoms in total. The molecule has 1 spiro atoms. The molecule has 0 saturated heterocycles. The van der Waals surface area contributed by atoms with Crippen molar-refractivity contribution in [1.29, 1.82) is 0 Å². The van der Waals surface area contributed by atoms with Gasteiger partial charge < -0.3 is 9.88 Å². The van der Waals surface area contributed by atoms with Crippen molar-refractivity contribution >= 4 is 11.0 Å². The van der Waals surface area contributed by atoms with Gasteiger partial charge in [-0.25, -0.2) is 18.2 Å². The number of benzene rings is 1. The molecule has 1 aromatic carbocycles. The molecule has 1 unspecified atom stereocenters. The average molecular weight is 470 g/mol. The Morgan fingerprint density at radius 1 is 1.03 bits per heavy atom. The van der Waals surface area contributed by atoms with Gasteiger partial charge in [-0.15, -0.1) is 0 Å². The summed E-state index contributed by atoms with van der Waals surface area (Å²) in [5.74, 6) is 0. The molecular weight excluding hydrogens is 435 g/mol. The highest BCUT2D eigenvalue weighted by molar-refractivity contribution is 5.83. The number of hydrogen-bond donors (Lipinski definition) is 1. The number of hydrogen-bond acceptors (Lipinski definition) is 2. The predicted octanol–water partition coefficient (Wildman–Crippen LogP) is 6.92. The summed E-state index contributed by atoms with van der Waals surface area (Å²) in [7, 11) is 4.42. The van der Waals surface area contributed by atoms with Gasteiger partial charge in [0.25, 0.3) is 6.43 Å². The van der Waals surface area contributed by atoms with E-state index >= 15 is 0 Å². The molecule has 6 heteroatoms. The fourth-order valence-corrected chi connectivity index (χ4v) is 6.51. The van der Waals surface area contributed by atoms with E-state index in [1.165, 1.54) is 23.0 Å². The first-order chi connectivity index (χ1) is 16.3. The zero-order valence-electron chi connectivity index (χ0n) is 20.1. The highest BCUT2D eigenvalue weighted by atomic mass is 19.3. The maximum Gasteiger partial charge on any atom is 0.273 e. The van der Waals surface area contributed by atoms with E-state index in [9.17, 15) is 13.2 Å². The van der Waals surface area contributed by atoms with Crippen LogP contribution >= 0.6 is 0 Å². The van der Waals surface area contributed by atoms with Crippen LogP contribution in [0, 0.1) is 0 Å². The number of H-pyrrole nitrogens is 1. The van der Waals surface area contributed by atoms with Crippen molar-refractivity contribution in [3.05, 3.63) is 65.0 Å². The summed E-state index contributed by atoms with van der Waals surface area (Å²) in [6.07, 6.45) is 5.66. The minimum atomic E-state index is -3.03. The number of nitrogens with one attached hydrogen (secondary N) is 1. The van der Waals surface area contributed by atoms with Crippen LogP contribution in [0.15, 0.2) is 42.6 Å². The van der Waals surface area contributed by atoms with Crippen LogP contribution in [-0.2, 0) is 18.3 Å². The first kappa shape index (κ1) is 23.4. The number of aromatic amines is 1. The summed E-state index contributed by atoms with van der Waals surface area (Å²) in [4.78, 5) is 10.3. The number of alkyl halides is 3. The van der Waals surface area contributed by atoms with Crippen LogP contribution in [-0.4, -0.2) is 40.9 Å². The number of halogens is 3. The SMILES string of the molecule is CN(C)C1(CCc2ccccc2)CCC2(CCCc3c2[nH]c2ncc(C(F)C(F)F)cc32)CC1. The predicted molar refractivity (Wildman–Crippen MR) is 130 cm³/mol. The second-order valence-corrected chi connectivity index (χ2v) is 10.6. The Morgan fingerprint density at radius 3 is 2.44 bits per heavy atom. The Kier molecular flexibility index (Phi) is 6.21. The van der Waals surface area contributed by atoms with Crippen molar-refractivity contribution in [2.24, 2.45) is 0 Å². The molecule has 0 aliphatic heterocycles. The summed E-state index contributed by atoms with van der Waals surface area (Å²) in [6.45, 7) is 0. The van der Waals surface area contributed by atoms with Gasteiger partial charge in [-0.05, 0) is 89.1 Å². The first-order valence-electron chi connectivity index (χ1n) is 12.5. The molecule has 34 heavy (non-hydrogen) atoms. The third kappa shape index (κ3) is 4.04. The minimum Gasteiger partial charge on any atom is -0.342 e. The van der Waals surface area contributed by atoms with Crippen molar-refractivity contribution in [2.45, 2.75) is 81.3 Å². The molecule has 5 rings (SSSR count). The topological polar surface area (TPSA) is 31.9 Å². The van der Waals surface area contributed by atoms with Crippen molar-refractivity contribution in [3.63, 3.8) is 0 Å². The fourth-order valence-electron chi connectivity index (χ4n) is 6.51. The largest absolute Gasteiger partial charge is 0.342 e. The molecule has 1 N–H and O–H groups in total. The van der Waals surface area contributed by atoms with Crippen LogP contribution in [0.5, 0.6) is 0 Å². The fraction of sp³-hybridized carbons (Fsp3) is 0.536. The van der Waals surface area contributed by atoms with E-state index in [-0.39, 0.29) is 16.5 Å². The number of rotatable bonds is 6. The lowest BCUT2D eigenvalue weighted by atomic mass is 9.60. The van der Waals surface area contributed by atoms with E-state index in [1.807, 2.05) is 0 Å². The van der Waals surface area contributed by atoms with Gasteiger partial charge in [-0.1, -0.05) is 30.3 Å². The molecule has 2 aliphatic rings. The van der Waals surface area contributed by atoms with Gasteiger partial charge in [-0.3, -0.25) is 0 Å². The van der Waals surface area contributed by atoms with Gasteiger partial charge >= 0.3 is 0 Å². The van der Waals surface area contributed by atoms with Gasteiger partial charge in [0.05, 0.1) is 0 Å². The molecule has 1 fully saturated rings. The van der Waals surface area contributed by atoms with E-state index in [1.54, 1.807) is 6.07 Å². The molecule has 2 aromatic heterocycles. The summed E-state index contributed by atoms with van der Waals surface area (Å²) in [6, 6.07) is 12.3. The Morgan fingerprint density at radius 2 is 1.76 bits per heavy atom. The van der Waals surface area contributed by atoms with Crippen LogP contribution in [0.25, 0.3) is 11.0 Å². The van der Waals surface area contributed by atoms with Crippen molar-refractivity contribution in [3.8, 4) is 0 Å². The molecule has 0 amide bonds. The number of aryl methyl sites for hydroxylation is 2. The number of aromatic nitrogens is 2. The van der Waals surface area contributed by atoms with Crippen molar-refractivity contribution in [2.75, 3.05) is 14.1 Å². The van der Waals surface area contributed by atoms with E-state index in [2.05, 4.69) is 59.3 Å². The molecular formula is C28H34F3N3. The molecule has 3 aromatic rings. The van der Waals surface area contributed by atoms with Crippen LogP contribution in [0.1, 0.15) is 73.5 Å². The lowest BCUT2D eigenvalue weighted by Crippen LogP contribution is -2.51. The summed E-state index contributed by atoms with van der Waals surface area (Å²) in [5.41, 5.74) is 4.69. The normalized spacial score (nSPS) is 25.9. The lowest BCUT2D eigenvalue weighted by Gasteiger charge is -2.51. The van der Waals surface area contributed by atoms with E-state index in [0.29, 0.717) is 5.65 Å². The van der Waals surface area contributed by atoms with Gasteiger partial charge in [0.2, 0.25) is 0 Å². The third-order valence-electron chi connectivity index (χ3n) is 8.74. The first-order valence-corrected chi connectivity index (χ1v) is 12.5. The maximum absolute atomic E-state index is 14.0. The monoisotopic (exact) mass is 469 g/mol. The second-order valence-electron chi connectivity index (χ2n) is 10.6. The van der Waals surface area contributed by atoms with E-state index in [4.69, 9.17) is 0 Å². The van der Waals surface area contributed by atoms with Crippen LogP contribution < -0.4 is 0 Å². The molecule has 182 valence electrons. The Hall–Kier alpha value is -2.34. The summed E-state index contributed by atoms with van der Waals surface area (Å²) < 4.78 is 39.9. The van der Waals surface area contributed by atoms with Crippen molar-refractivity contribution < 1.29 is 13.2 Å². The van der Waals surface area contributed by atoms with Gasteiger partial charge in [-0.2, -0.15) is 0 Å². The van der Waals surface area contributed by atoms with Gasteiger partial charge in [0.15, 0.2) is 6.17 Å². The lowest BCUT2D eigenvalue weighted by molar-refractivity contribution is 0.0495. The summed E-state index contributed by atoms with van der Waals surface area (Å²) in [5, 5.41) is 0.823. The number of pyridine rings is 1. The minimum absolute atomic E-state index is 0.0277. The van der Waals surface area contributed by atoms with E-state index < -0.39 is 12.6 Å². The second kappa shape index (κ2) is 9.03. The Bertz CT molecular complexity index is 1130. The summed E-state index contributed by atoms with van der Waals surface area (Å²) >= 11 is 0. The van der Waals surface area contributed by atoms with Crippen LogP contribution in [0.2, 0.25) is 0 Å². The highest BCUT2D eigenvalue weighted by Gasteiger charge is 2.47. The van der Waals surface area contributed by atoms with Gasteiger partial charge in [0.1, 0.15) is 5.65 Å². The Balaban J connectivity index is 1.41.